The Morgan fingerprint density at radius 3 is 2.65 bits per heavy atom. The number of sulfone groups is 1. The van der Waals surface area contributed by atoms with E-state index in [-0.39, 0.29) is 28.4 Å². The number of amides is 1. The lowest BCUT2D eigenvalue weighted by atomic mass is 10.3. The molecule has 1 aliphatic heterocycles. The molecule has 0 aromatic heterocycles. The molecular formula is C13H17NO4S2. The van der Waals surface area contributed by atoms with Crippen molar-refractivity contribution in [2.24, 2.45) is 0 Å². The number of benzene rings is 1. The van der Waals surface area contributed by atoms with Crippen molar-refractivity contribution < 1.29 is 17.9 Å². The monoisotopic (exact) mass is 315 g/mol. The van der Waals surface area contributed by atoms with Crippen LogP contribution in [-0.4, -0.2) is 43.9 Å². The zero-order valence-corrected chi connectivity index (χ0v) is 12.8. The summed E-state index contributed by atoms with van der Waals surface area (Å²) in [5.41, 5.74) is 0.704. The van der Waals surface area contributed by atoms with Crippen LogP contribution in [0.3, 0.4) is 0 Å². The fourth-order valence-corrected chi connectivity index (χ4v) is 5.40. The lowest BCUT2D eigenvalue weighted by Gasteiger charge is -2.08. The van der Waals surface area contributed by atoms with E-state index < -0.39 is 9.84 Å². The Labute approximate surface area is 123 Å². The average molecular weight is 315 g/mol. The lowest BCUT2D eigenvalue weighted by Crippen LogP contribution is -2.17. The van der Waals surface area contributed by atoms with Gasteiger partial charge in [-0.1, -0.05) is 0 Å². The summed E-state index contributed by atoms with van der Waals surface area (Å²) in [6, 6.07) is 7.07. The maximum Gasteiger partial charge on any atom is 0.234 e. The van der Waals surface area contributed by atoms with Crippen molar-refractivity contribution in [3.05, 3.63) is 24.3 Å². The molecule has 1 saturated heterocycles. The molecule has 110 valence electrons. The number of hydrogen-bond donors (Lipinski definition) is 1. The summed E-state index contributed by atoms with van der Waals surface area (Å²) in [6.07, 6.45) is 0.642. The highest BCUT2D eigenvalue weighted by atomic mass is 32.2. The maximum absolute atomic E-state index is 11.8. The molecule has 1 atom stereocenters. The molecule has 1 amide bonds. The first-order valence-electron chi connectivity index (χ1n) is 6.24. The number of ether oxygens (including phenoxy) is 1. The minimum atomic E-state index is -2.88. The molecule has 0 saturated carbocycles. The van der Waals surface area contributed by atoms with Crippen molar-refractivity contribution >= 4 is 33.2 Å². The van der Waals surface area contributed by atoms with Crippen LogP contribution in [0.5, 0.6) is 5.75 Å². The summed E-state index contributed by atoms with van der Waals surface area (Å²) in [5.74, 6) is 1.31. The van der Waals surface area contributed by atoms with Gasteiger partial charge in [0.05, 0.1) is 24.4 Å². The number of methoxy groups -OCH3 is 1. The third-order valence-corrected chi connectivity index (χ3v) is 6.30. The Morgan fingerprint density at radius 2 is 2.10 bits per heavy atom. The second-order valence-corrected chi connectivity index (χ2v) is 8.13. The van der Waals surface area contributed by atoms with Gasteiger partial charge in [-0.15, -0.1) is 11.8 Å². The van der Waals surface area contributed by atoms with Crippen LogP contribution in [0.2, 0.25) is 0 Å². The minimum absolute atomic E-state index is 0.0432. The van der Waals surface area contributed by atoms with Crippen molar-refractivity contribution in [3.8, 4) is 5.75 Å². The van der Waals surface area contributed by atoms with Crippen molar-refractivity contribution in [2.45, 2.75) is 11.7 Å². The summed E-state index contributed by atoms with van der Waals surface area (Å²) < 4.78 is 27.7. The highest BCUT2D eigenvalue weighted by Crippen LogP contribution is 2.24. The van der Waals surface area contributed by atoms with Gasteiger partial charge in [0.15, 0.2) is 9.84 Å². The Kier molecular flexibility index (Phi) is 4.93. The van der Waals surface area contributed by atoms with Crippen LogP contribution in [0.25, 0.3) is 0 Å². The normalized spacial score (nSPS) is 20.6. The van der Waals surface area contributed by atoms with Crippen LogP contribution in [0.15, 0.2) is 24.3 Å². The number of thioether (sulfide) groups is 1. The molecule has 2 rings (SSSR count). The van der Waals surface area contributed by atoms with Crippen LogP contribution >= 0.6 is 11.8 Å². The predicted molar refractivity (Wildman–Crippen MR) is 81.1 cm³/mol. The zero-order chi connectivity index (χ0) is 14.6. The quantitative estimate of drug-likeness (QED) is 0.892. The van der Waals surface area contributed by atoms with E-state index in [1.54, 1.807) is 31.4 Å². The van der Waals surface area contributed by atoms with Crippen molar-refractivity contribution in [1.82, 2.24) is 0 Å². The number of hydrogen-bond acceptors (Lipinski definition) is 5. The molecule has 20 heavy (non-hydrogen) atoms. The topological polar surface area (TPSA) is 72.5 Å². The Hall–Kier alpha value is -1.21. The molecule has 0 aliphatic carbocycles. The third kappa shape index (κ3) is 4.42. The summed E-state index contributed by atoms with van der Waals surface area (Å²) in [4.78, 5) is 11.8. The van der Waals surface area contributed by atoms with Gasteiger partial charge in [-0.05, 0) is 30.7 Å². The first-order valence-corrected chi connectivity index (χ1v) is 9.11. The third-order valence-electron chi connectivity index (χ3n) is 3.01. The van der Waals surface area contributed by atoms with E-state index in [2.05, 4.69) is 5.32 Å². The number of anilines is 1. The van der Waals surface area contributed by atoms with Gasteiger partial charge < -0.3 is 10.1 Å². The molecule has 0 spiro atoms. The van der Waals surface area contributed by atoms with Crippen LogP contribution < -0.4 is 10.1 Å². The van der Waals surface area contributed by atoms with E-state index in [1.165, 1.54) is 11.8 Å². The largest absolute Gasteiger partial charge is 0.497 e. The van der Waals surface area contributed by atoms with E-state index >= 15 is 0 Å². The molecule has 1 aliphatic rings. The van der Waals surface area contributed by atoms with Crippen molar-refractivity contribution in [2.75, 3.05) is 29.7 Å². The van der Waals surface area contributed by atoms with Gasteiger partial charge in [-0.25, -0.2) is 8.42 Å². The molecule has 0 bridgehead atoms. The van der Waals surface area contributed by atoms with E-state index in [0.717, 1.165) is 5.75 Å². The van der Waals surface area contributed by atoms with Crippen LogP contribution in [-0.2, 0) is 14.6 Å². The Balaban J connectivity index is 1.78. The molecule has 5 nitrogen and oxygen atoms in total. The molecule has 1 fully saturated rings. The van der Waals surface area contributed by atoms with Gasteiger partial charge in [0.2, 0.25) is 5.91 Å². The lowest BCUT2D eigenvalue weighted by molar-refractivity contribution is -0.113. The van der Waals surface area contributed by atoms with E-state index in [0.29, 0.717) is 12.1 Å². The molecule has 1 N–H and O–H groups in total. The van der Waals surface area contributed by atoms with Crippen LogP contribution in [0, 0.1) is 0 Å². The number of nitrogens with one attached hydrogen (secondary N) is 1. The maximum atomic E-state index is 11.8. The predicted octanol–water partition coefficient (Wildman–Crippen LogP) is 1.55. The number of carbonyl (C=O) groups is 1. The summed E-state index contributed by atoms with van der Waals surface area (Å²) >= 11 is 1.41. The smallest absolute Gasteiger partial charge is 0.234 e. The molecular weight excluding hydrogens is 298 g/mol. The fraction of sp³-hybridized carbons (Fsp3) is 0.462. The molecule has 0 unspecified atom stereocenters. The fourth-order valence-electron chi connectivity index (χ4n) is 1.96. The van der Waals surface area contributed by atoms with Crippen molar-refractivity contribution in [1.29, 1.82) is 0 Å². The summed E-state index contributed by atoms with van der Waals surface area (Å²) in [5, 5.41) is 2.82. The Bertz CT molecular complexity index is 569. The van der Waals surface area contributed by atoms with Gasteiger partial charge in [0.25, 0.3) is 0 Å². The van der Waals surface area contributed by atoms with Gasteiger partial charge in [-0.2, -0.15) is 0 Å². The highest BCUT2D eigenvalue weighted by molar-refractivity contribution is 8.02. The van der Waals surface area contributed by atoms with Gasteiger partial charge >= 0.3 is 0 Å². The molecule has 0 radical (unpaired) electrons. The highest BCUT2D eigenvalue weighted by Gasteiger charge is 2.28. The molecule has 1 heterocycles. The van der Waals surface area contributed by atoms with Crippen molar-refractivity contribution in [3.63, 3.8) is 0 Å². The SMILES string of the molecule is COc1ccc(NC(=O)CS[C@@H]2CCS(=O)(=O)C2)cc1. The zero-order valence-electron chi connectivity index (χ0n) is 11.2. The molecule has 7 heteroatoms. The van der Waals surface area contributed by atoms with Gasteiger partial charge in [0, 0.05) is 10.9 Å². The second-order valence-electron chi connectivity index (χ2n) is 4.61. The summed E-state index contributed by atoms with van der Waals surface area (Å²) in [6.45, 7) is 0. The first kappa shape index (κ1) is 15.2. The standard InChI is InChI=1S/C13H17NO4S2/c1-18-11-4-2-10(3-5-11)14-13(15)8-19-12-6-7-20(16,17)9-12/h2-5,12H,6-9H2,1H3,(H,14,15)/t12-/m1/s1. The van der Waals surface area contributed by atoms with E-state index in [4.69, 9.17) is 4.74 Å². The number of carbonyl (C=O) groups excluding carboxylic acids is 1. The Morgan fingerprint density at radius 1 is 1.40 bits per heavy atom. The molecule has 1 aromatic rings. The first-order chi connectivity index (χ1) is 9.48. The number of rotatable bonds is 5. The van der Waals surface area contributed by atoms with Gasteiger partial charge in [-0.3, -0.25) is 4.79 Å². The second kappa shape index (κ2) is 6.49. The molecule has 1 aromatic carbocycles. The van der Waals surface area contributed by atoms with E-state index in [1.807, 2.05) is 0 Å². The minimum Gasteiger partial charge on any atom is -0.497 e. The summed E-state index contributed by atoms with van der Waals surface area (Å²) in [7, 11) is -1.29. The van der Waals surface area contributed by atoms with Crippen LogP contribution in [0.4, 0.5) is 5.69 Å². The van der Waals surface area contributed by atoms with Crippen LogP contribution in [0.1, 0.15) is 6.42 Å². The van der Waals surface area contributed by atoms with E-state index in [9.17, 15) is 13.2 Å². The average Bonchev–Trinajstić information content (AvgIpc) is 2.77. The van der Waals surface area contributed by atoms with Gasteiger partial charge in [0.1, 0.15) is 5.75 Å².